The van der Waals surface area contributed by atoms with E-state index in [1.54, 1.807) is 0 Å². The molecule has 0 bridgehead atoms. The van der Waals surface area contributed by atoms with Gasteiger partial charge in [-0.05, 0) is 115 Å². The van der Waals surface area contributed by atoms with Crippen LogP contribution in [0.5, 0.6) is 0 Å². The van der Waals surface area contributed by atoms with Gasteiger partial charge in [0.2, 0.25) is 0 Å². The van der Waals surface area contributed by atoms with Crippen LogP contribution in [-0.4, -0.2) is 19.5 Å². The number of hydrogen-bond donors (Lipinski definition) is 0. The third-order valence-electron chi connectivity index (χ3n) is 13.6. The molecule has 0 fully saturated rings. The number of furan rings is 1. The molecule has 0 spiro atoms. The topological polar surface area (TPSA) is 56.7 Å². The summed E-state index contributed by atoms with van der Waals surface area (Å²) in [6.07, 6.45) is 0. The fraction of sp³-hybridized carbons (Fsp3) is 0. The van der Waals surface area contributed by atoms with Crippen LogP contribution in [0.15, 0.2) is 235 Å². The first-order valence-electron chi connectivity index (χ1n) is 23.0. The summed E-state index contributed by atoms with van der Waals surface area (Å²) in [4.78, 5) is 14.8. The molecule has 0 unspecified atom stereocenters. The molecular weight excluding hydrogens is 829 g/mol. The molecule has 316 valence electrons. The smallest absolute Gasteiger partial charge is 0.164 e. The number of nitrogens with zero attached hydrogens (tertiary/aromatic N) is 4. The number of rotatable bonds is 6. The molecule has 5 heteroatoms. The maximum absolute atomic E-state index is 6.68. The Balaban J connectivity index is 0.870. The molecule has 11 aromatic carbocycles. The molecule has 0 aliphatic carbocycles. The average molecular weight is 867 g/mol. The van der Waals surface area contributed by atoms with Gasteiger partial charge in [-0.1, -0.05) is 170 Å². The monoisotopic (exact) mass is 866 g/mol. The summed E-state index contributed by atoms with van der Waals surface area (Å²) in [7, 11) is 0. The summed E-state index contributed by atoms with van der Waals surface area (Å²) >= 11 is 0. The molecule has 3 heterocycles. The van der Waals surface area contributed by atoms with E-state index in [2.05, 4.69) is 174 Å². The molecule has 0 N–H and O–H groups in total. The zero-order chi connectivity index (χ0) is 44.7. The normalized spacial score (nSPS) is 11.8. The van der Waals surface area contributed by atoms with E-state index < -0.39 is 0 Å². The van der Waals surface area contributed by atoms with Crippen molar-refractivity contribution in [3.63, 3.8) is 0 Å². The lowest BCUT2D eigenvalue weighted by molar-refractivity contribution is 0.669. The Morgan fingerprint density at radius 3 is 1.24 bits per heavy atom. The highest BCUT2D eigenvalue weighted by Crippen LogP contribution is 2.41. The highest BCUT2D eigenvalue weighted by atomic mass is 16.3. The Bertz CT molecular complexity index is 4210. The Kier molecular flexibility index (Phi) is 8.52. The van der Waals surface area contributed by atoms with Crippen molar-refractivity contribution in [3.8, 4) is 62.1 Å². The van der Waals surface area contributed by atoms with Gasteiger partial charge in [0.25, 0.3) is 0 Å². The maximum Gasteiger partial charge on any atom is 0.164 e. The van der Waals surface area contributed by atoms with E-state index in [-0.39, 0.29) is 0 Å². The van der Waals surface area contributed by atoms with Gasteiger partial charge in [-0.25, -0.2) is 15.0 Å². The Morgan fingerprint density at radius 1 is 0.250 bits per heavy atom. The minimum atomic E-state index is 0.593. The molecule has 14 rings (SSSR count). The maximum atomic E-state index is 6.68. The summed E-state index contributed by atoms with van der Waals surface area (Å²) in [5.41, 5.74) is 12.4. The van der Waals surface area contributed by atoms with Crippen LogP contribution in [0.1, 0.15) is 0 Å². The van der Waals surface area contributed by atoms with Gasteiger partial charge in [-0.15, -0.1) is 0 Å². The molecule has 0 amide bonds. The molecule has 3 aromatic heterocycles. The van der Waals surface area contributed by atoms with Crippen molar-refractivity contribution in [3.05, 3.63) is 231 Å². The lowest BCUT2D eigenvalue weighted by Gasteiger charge is -2.12. The van der Waals surface area contributed by atoms with E-state index in [4.69, 9.17) is 19.4 Å². The van der Waals surface area contributed by atoms with Crippen molar-refractivity contribution in [2.24, 2.45) is 0 Å². The molecule has 0 aliphatic rings. The lowest BCUT2D eigenvalue weighted by atomic mass is 9.92. The summed E-state index contributed by atoms with van der Waals surface area (Å²) in [5, 5.41) is 12.2. The van der Waals surface area contributed by atoms with E-state index in [1.807, 2.05) is 60.7 Å². The first-order valence-corrected chi connectivity index (χ1v) is 23.0. The average Bonchev–Trinajstić information content (AvgIpc) is 3.95. The Hall–Kier alpha value is -9.19. The van der Waals surface area contributed by atoms with Crippen molar-refractivity contribution in [1.82, 2.24) is 19.5 Å². The fourth-order valence-corrected chi connectivity index (χ4v) is 10.4. The van der Waals surface area contributed by atoms with Crippen LogP contribution in [-0.2, 0) is 0 Å². The zero-order valence-electron chi connectivity index (χ0n) is 36.6. The quantitative estimate of drug-likeness (QED) is 0.156. The van der Waals surface area contributed by atoms with Gasteiger partial charge in [0.1, 0.15) is 11.2 Å². The second kappa shape index (κ2) is 15.2. The molecule has 0 saturated carbocycles. The van der Waals surface area contributed by atoms with Crippen LogP contribution in [0.2, 0.25) is 0 Å². The van der Waals surface area contributed by atoms with E-state index in [0.717, 1.165) is 66.5 Å². The van der Waals surface area contributed by atoms with Crippen LogP contribution in [0.3, 0.4) is 0 Å². The van der Waals surface area contributed by atoms with Crippen LogP contribution >= 0.6 is 0 Å². The molecule has 0 atom stereocenters. The van der Waals surface area contributed by atoms with Gasteiger partial charge in [-0.2, -0.15) is 0 Å². The summed E-state index contributed by atoms with van der Waals surface area (Å²) in [5.74, 6) is 1.84. The number of benzene rings is 11. The highest BCUT2D eigenvalue weighted by molar-refractivity contribution is 6.26. The third-order valence-corrected chi connectivity index (χ3v) is 13.6. The minimum absolute atomic E-state index is 0.593. The van der Waals surface area contributed by atoms with Crippen molar-refractivity contribution in [1.29, 1.82) is 0 Å². The minimum Gasteiger partial charge on any atom is -0.456 e. The molecular formula is C63H38N4O. The molecule has 0 aliphatic heterocycles. The third kappa shape index (κ3) is 6.14. The van der Waals surface area contributed by atoms with E-state index in [9.17, 15) is 0 Å². The van der Waals surface area contributed by atoms with Gasteiger partial charge in [0.05, 0.1) is 11.0 Å². The van der Waals surface area contributed by atoms with Gasteiger partial charge in [0, 0.05) is 43.9 Å². The molecule has 68 heavy (non-hydrogen) atoms. The first-order chi connectivity index (χ1) is 33.7. The second-order valence-corrected chi connectivity index (χ2v) is 17.5. The standard InChI is InChI=1S/C63H38N4O/c1-4-14-39(15-5-1)61-64-62(40-16-6-2-7-17-40)66-63(65-61)45-27-32-54-53-31-26-44(37-59(53)68-60(54)38-45)42-28-33-57-56(35-42)52-30-25-43(36-58(52)67(57)46-18-8-3-9-19-46)41-24-29-51-49-22-11-10-20-47(49)48-21-12-13-23-50(48)55(51)34-41/h1-38H. The summed E-state index contributed by atoms with van der Waals surface area (Å²) in [6, 6.07) is 81.9. The highest BCUT2D eigenvalue weighted by Gasteiger charge is 2.18. The van der Waals surface area contributed by atoms with Crippen LogP contribution in [0.25, 0.3) is 138 Å². The largest absolute Gasteiger partial charge is 0.456 e. The molecule has 0 saturated heterocycles. The van der Waals surface area contributed by atoms with Crippen LogP contribution < -0.4 is 0 Å². The summed E-state index contributed by atoms with van der Waals surface area (Å²) < 4.78 is 9.08. The molecule has 0 radical (unpaired) electrons. The number of hydrogen-bond acceptors (Lipinski definition) is 4. The van der Waals surface area contributed by atoms with Crippen LogP contribution in [0, 0.1) is 0 Å². The second-order valence-electron chi connectivity index (χ2n) is 17.5. The Morgan fingerprint density at radius 2 is 0.647 bits per heavy atom. The molecule has 5 nitrogen and oxygen atoms in total. The van der Waals surface area contributed by atoms with Crippen molar-refractivity contribution in [2.45, 2.75) is 0 Å². The van der Waals surface area contributed by atoms with Gasteiger partial charge in [-0.3, -0.25) is 0 Å². The van der Waals surface area contributed by atoms with Crippen molar-refractivity contribution in [2.75, 3.05) is 0 Å². The lowest BCUT2D eigenvalue weighted by Crippen LogP contribution is -2.00. The van der Waals surface area contributed by atoms with Gasteiger partial charge in [0.15, 0.2) is 17.5 Å². The fourth-order valence-electron chi connectivity index (χ4n) is 10.4. The van der Waals surface area contributed by atoms with Crippen molar-refractivity contribution < 1.29 is 4.42 Å². The summed E-state index contributed by atoms with van der Waals surface area (Å²) in [6.45, 7) is 0. The molecule has 14 aromatic rings. The van der Waals surface area contributed by atoms with Crippen molar-refractivity contribution >= 4 is 76.1 Å². The first kappa shape index (κ1) is 38.1. The predicted molar refractivity (Wildman–Crippen MR) is 281 cm³/mol. The number of fused-ring (bicyclic) bond motifs is 12. The predicted octanol–water partition coefficient (Wildman–Crippen LogP) is 16.7. The van der Waals surface area contributed by atoms with Gasteiger partial charge >= 0.3 is 0 Å². The number of aromatic nitrogens is 4. The SMILES string of the molecule is c1ccc(-c2nc(-c3ccccc3)nc(-c3ccc4c(c3)oc3cc(-c5ccc6c(c5)c5ccc(-c7ccc8c9ccccc9c9ccccc9c8c7)cc5n6-c5ccccc5)ccc34)n2)cc1. The van der Waals surface area contributed by atoms with Gasteiger partial charge < -0.3 is 8.98 Å². The van der Waals surface area contributed by atoms with Crippen LogP contribution in [0.4, 0.5) is 0 Å². The van der Waals surface area contributed by atoms with E-state index in [0.29, 0.717) is 17.5 Å². The van der Waals surface area contributed by atoms with E-state index in [1.165, 1.54) is 54.2 Å². The Labute approximate surface area is 390 Å². The number of para-hydroxylation sites is 1. The van der Waals surface area contributed by atoms with E-state index >= 15 is 0 Å². The zero-order valence-corrected chi connectivity index (χ0v) is 36.6.